The van der Waals surface area contributed by atoms with E-state index in [2.05, 4.69) is 5.32 Å². The molecule has 0 spiro atoms. The topological polar surface area (TPSA) is 81.0 Å². The zero-order chi connectivity index (χ0) is 18.4. The molecule has 0 fully saturated rings. The van der Waals surface area contributed by atoms with Crippen molar-refractivity contribution in [1.82, 2.24) is 10.2 Å². The molecule has 0 saturated carbocycles. The van der Waals surface area contributed by atoms with Gasteiger partial charge in [0.1, 0.15) is 19.0 Å². The van der Waals surface area contributed by atoms with Crippen LogP contribution in [0.5, 0.6) is 11.5 Å². The summed E-state index contributed by atoms with van der Waals surface area (Å²) in [6, 6.07) is 9.13. The van der Waals surface area contributed by atoms with Gasteiger partial charge in [0, 0.05) is 11.9 Å². The van der Waals surface area contributed by atoms with Gasteiger partial charge in [0.25, 0.3) is 0 Å². The smallest absolute Gasteiger partial charge is 0.239 e. The SMILES string of the molecule is CN(CC(=O)NCc1ccco1)C(=O)CSc1ccc2c(c1)OCCO2. The molecule has 8 heteroatoms. The van der Waals surface area contributed by atoms with E-state index in [1.807, 2.05) is 18.2 Å². The van der Waals surface area contributed by atoms with Crippen molar-refractivity contribution in [1.29, 1.82) is 0 Å². The number of benzene rings is 1. The highest BCUT2D eigenvalue weighted by atomic mass is 32.2. The Morgan fingerprint density at radius 2 is 2.00 bits per heavy atom. The number of hydrogen-bond donors (Lipinski definition) is 1. The molecular formula is C18H20N2O5S. The van der Waals surface area contributed by atoms with Gasteiger partial charge < -0.3 is 24.1 Å². The molecule has 2 aromatic rings. The van der Waals surface area contributed by atoms with Crippen molar-refractivity contribution in [2.75, 3.05) is 32.6 Å². The molecule has 1 aliphatic rings. The molecule has 0 atom stereocenters. The molecule has 0 aliphatic carbocycles. The third-order valence-corrected chi connectivity index (χ3v) is 4.70. The van der Waals surface area contributed by atoms with Crippen molar-refractivity contribution in [3.63, 3.8) is 0 Å². The monoisotopic (exact) mass is 376 g/mol. The Kier molecular flexibility index (Phi) is 6.06. The third-order valence-electron chi connectivity index (χ3n) is 3.72. The molecule has 1 aromatic heterocycles. The summed E-state index contributed by atoms with van der Waals surface area (Å²) in [6.07, 6.45) is 1.55. The van der Waals surface area contributed by atoms with Crippen molar-refractivity contribution in [3.05, 3.63) is 42.4 Å². The van der Waals surface area contributed by atoms with E-state index >= 15 is 0 Å². The first-order valence-corrected chi connectivity index (χ1v) is 9.16. The first-order chi connectivity index (χ1) is 12.6. The van der Waals surface area contributed by atoms with Crippen LogP contribution >= 0.6 is 11.8 Å². The lowest BCUT2D eigenvalue weighted by Crippen LogP contribution is -2.38. The predicted octanol–water partition coefficient (Wildman–Crippen LogP) is 1.92. The summed E-state index contributed by atoms with van der Waals surface area (Å²) < 4.78 is 16.2. The van der Waals surface area contributed by atoms with Crippen LogP contribution in [0.15, 0.2) is 45.9 Å². The normalized spacial score (nSPS) is 12.5. The van der Waals surface area contributed by atoms with Gasteiger partial charge in [-0.3, -0.25) is 9.59 Å². The Hall–Kier alpha value is -2.61. The van der Waals surface area contributed by atoms with Crippen LogP contribution in [0.3, 0.4) is 0 Å². The molecule has 26 heavy (non-hydrogen) atoms. The summed E-state index contributed by atoms with van der Waals surface area (Å²) >= 11 is 1.39. The Morgan fingerprint density at radius 3 is 2.77 bits per heavy atom. The number of fused-ring (bicyclic) bond motifs is 1. The molecule has 1 aliphatic heterocycles. The maximum Gasteiger partial charge on any atom is 0.239 e. The number of nitrogens with zero attached hydrogens (tertiary/aromatic N) is 1. The van der Waals surface area contributed by atoms with Crippen LogP contribution in [-0.2, 0) is 16.1 Å². The van der Waals surface area contributed by atoms with E-state index in [9.17, 15) is 9.59 Å². The number of carbonyl (C=O) groups is 2. The number of carbonyl (C=O) groups excluding carboxylic acids is 2. The van der Waals surface area contributed by atoms with Gasteiger partial charge >= 0.3 is 0 Å². The van der Waals surface area contributed by atoms with E-state index in [0.717, 1.165) is 10.6 Å². The summed E-state index contributed by atoms with van der Waals surface area (Å²) in [6.45, 7) is 1.38. The van der Waals surface area contributed by atoms with Crippen LogP contribution in [0.2, 0.25) is 0 Å². The van der Waals surface area contributed by atoms with Crippen molar-refractivity contribution in [2.45, 2.75) is 11.4 Å². The predicted molar refractivity (Wildman–Crippen MR) is 96.3 cm³/mol. The average Bonchev–Trinajstić information content (AvgIpc) is 3.18. The fourth-order valence-corrected chi connectivity index (χ4v) is 3.19. The van der Waals surface area contributed by atoms with Crippen LogP contribution in [0.25, 0.3) is 0 Å². The first-order valence-electron chi connectivity index (χ1n) is 8.17. The molecule has 7 nitrogen and oxygen atoms in total. The first kappa shape index (κ1) is 18.2. The number of nitrogens with one attached hydrogen (secondary N) is 1. The standard InChI is InChI=1S/C18H20N2O5S/c1-20(11-17(21)19-10-13-3-2-6-23-13)18(22)12-26-14-4-5-15-16(9-14)25-8-7-24-15/h2-6,9H,7-8,10-12H2,1H3,(H,19,21). The molecule has 0 saturated heterocycles. The molecule has 0 radical (unpaired) electrons. The molecule has 138 valence electrons. The van der Waals surface area contributed by atoms with E-state index in [0.29, 0.717) is 31.3 Å². The lowest BCUT2D eigenvalue weighted by Gasteiger charge is -2.19. The molecule has 3 rings (SSSR count). The number of ether oxygens (including phenoxy) is 2. The van der Waals surface area contributed by atoms with E-state index in [1.165, 1.54) is 16.7 Å². The van der Waals surface area contributed by atoms with E-state index in [4.69, 9.17) is 13.9 Å². The lowest BCUT2D eigenvalue weighted by molar-refractivity contribution is -0.132. The van der Waals surface area contributed by atoms with Crippen molar-refractivity contribution in [2.24, 2.45) is 0 Å². The van der Waals surface area contributed by atoms with Crippen molar-refractivity contribution < 1.29 is 23.5 Å². The Balaban J connectivity index is 1.43. The second kappa shape index (κ2) is 8.66. The number of amides is 2. The van der Waals surface area contributed by atoms with Gasteiger partial charge in [-0.15, -0.1) is 11.8 Å². The van der Waals surface area contributed by atoms with Gasteiger partial charge in [0.05, 0.1) is 25.1 Å². The third kappa shape index (κ3) is 4.95. The zero-order valence-corrected chi connectivity index (χ0v) is 15.2. The quantitative estimate of drug-likeness (QED) is 0.744. The highest BCUT2D eigenvalue weighted by Gasteiger charge is 2.15. The van der Waals surface area contributed by atoms with E-state index in [-0.39, 0.29) is 24.1 Å². The maximum atomic E-state index is 12.2. The number of rotatable bonds is 7. The summed E-state index contributed by atoms with van der Waals surface area (Å²) in [5, 5.41) is 2.71. The van der Waals surface area contributed by atoms with Crippen LogP contribution in [0, 0.1) is 0 Å². The summed E-state index contributed by atoms with van der Waals surface area (Å²) in [5.41, 5.74) is 0. The molecule has 0 unspecified atom stereocenters. The fourth-order valence-electron chi connectivity index (χ4n) is 2.33. The highest BCUT2D eigenvalue weighted by molar-refractivity contribution is 8.00. The summed E-state index contributed by atoms with van der Waals surface area (Å²) in [5.74, 6) is 1.96. The van der Waals surface area contributed by atoms with E-state index < -0.39 is 0 Å². The van der Waals surface area contributed by atoms with E-state index in [1.54, 1.807) is 25.4 Å². The minimum absolute atomic E-state index is 0.00123. The van der Waals surface area contributed by atoms with Gasteiger partial charge in [-0.05, 0) is 30.3 Å². The number of likely N-dealkylation sites (N-methyl/N-ethyl adjacent to an activating group) is 1. The fraction of sp³-hybridized carbons (Fsp3) is 0.333. The van der Waals surface area contributed by atoms with Gasteiger partial charge in [-0.25, -0.2) is 0 Å². The minimum Gasteiger partial charge on any atom is -0.486 e. The second-order valence-electron chi connectivity index (χ2n) is 5.70. The van der Waals surface area contributed by atoms with Crippen molar-refractivity contribution in [3.8, 4) is 11.5 Å². The molecule has 2 heterocycles. The van der Waals surface area contributed by atoms with Crippen molar-refractivity contribution >= 4 is 23.6 Å². The van der Waals surface area contributed by atoms with Gasteiger partial charge in [-0.1, -0.05) is 0 Å². The largest absolute Gasteiger partial charge is 0.486 e. The average molecular weight is 376 g/mol. The number of hydrogen-bond acceptors (Lipinski definition) is 6. The van der Waals surface area contributed by atoms with Gasteiger partial charge in [-0.2, -0.15) is 0 Å². The van der Waals surface area contributed by atoms with Crippen LogP contribution in [-0.4, -0.2) is 49.3 Å². The Labute approximate surface area is 155 Å². The molecule has 0 bridgehead atoms. The summed E-state index contributed by atoms with van der Waals surface area (Å²) in [4.78, 5) is 26.4. The molecular weight excluding hydrogens is 356 g/mol. The number of furan rings is 1. The second-order valence-corrected chi connectivity index (χ2v) is 6.75. The molecule has 1 aromatic carbocycles. The number of thioether (sulfide) groups is 1. The molecule has 1 N–H and O–H groups in total. The zero-order valence-electron chi connectivity index (χ0n) is 14.4. The van der Waals surface area contributed by atoms with Gasteiger partial charge in [0.15, 0.2) is 11.5 Å². The highest BCUT2D eigenvalue weighted by Crippen LogP contribution is 2.34. The maximum absolute atomic E-state index is 12.2. The lowest BCUT2D eigenvalue weighted by atomic mass is 10.3. The Morgan fingerprint density at radius 1 is 1.19 bits per heavy atom. The summed E-state index contributed by atoms with van der Waals surface area (Å²) in [7, 11) is 1.61. The Bertz CT molecular complexity index is 763. The minimum atomic E-state index is -0.235. The van der Waals surface area contributed by atoms with Gasteiger partial charge in [0.2, 0.25) is 11.8 Å². The van der Waals surface area contributed by atoms with Crippen LogP contribution < -0.4 is 14.8 Å². The molecule has 2 amide bonds. The van der Waals surface area contributed by atoms with Crippen LogP contribution in [0.4, 0.5) is 0 Å². The van der Waals surface area contributed by atoms with Crippen LogP contribution in [0.1, 0.15) is 5.76 Å².